The molecule has 2 rings (SSSR count). The lowest BCUT2D eigenvalue weighted by atomic mass is 10.1. The quantitative estimate of drug-likeness (QED) is 0.769. The molecule has 0 fully saturated rings. The van der Waals surface area contributed by atoms with Gasteiger partial charge in [-0.05, 0) is 43.3 Å². The van der Waals surface area contributed by atoms with E-state index in [1.165, 1.54) is 0 Å². The average Bonchev–Trinajstić information content (AvgIpc) is 2.53. The standard InChI is InChI=1S/C17H19NO4/c1-12-3-8-16(15(11-12)17(19)20)18-9-10-22-14-6-4-13(21-2)5-7-14/h3-8,11,18H,9-10H2,1-2H3,(H,19,20). The molecule has 0 radical (unpaired) electrons. The molecule has 5 heteroatoms. The second-order valence-electron chi connectivity index (χ2n) is 4.80. The maximum absolute atomic E-state index is 11.2. The van der Waals surface area contributed by atoms with E-state index in [-0.39, 0.29) is 5.56 Å². The second kappa shape index (κ2) is 7.36. The number of carbonyl (C=O) groups is 1. The molecule has 5 nitrogen and oxygen atoms in total. The third-order valence-electron chi connectivity index (χ3n) is 3.15. The van der Waals surface area contributed by atoms with E-state index < -0.39 is 5.97 Å². The normalized spacial score (nSPS) is 10.1. The molecule has 0 bridgehead atoms. The molecule has 0 atom stereocenters. The molecule has 22 heavy (non-hydrogen) atoms. The first-order valence-electron chi connectivity index (χ1n) is 6.95. The van der Waals surface area contributed by atoms with E-state index in [1.807, 2.05) is 37.3 Å². The zero-order chi connectivity index (χ0) is 15.9. The largest absolute Gasteiger partial charge is 0.497 e. The second-order valence-corrected chi connectivity index (χ2v) is 4.80. The molecule has 0 aliphatic carbocycles. The zero-order valence-electron chi connectivity index (χ0n) is 12.6. The minimum absolute atomic E-state index is 0.268. The number of hydrogen-bond donors (Lipinski definition) is 2. The van der Waals surface area contributed by atoms with Gasteiger partial charge in [0.15, 0.2) is 0 Å². The highest BCUT2D eigenvalue weighted by Gasteiger charge is 2.09. The summed E-state index contributed by atoms with van der Waals surface area (Å²) in [7, 11) is 1.61. The first kappa shape index (κ1) is 15.7. The van der Waals surface area contributed by atoms with E-state index in [0.29, 0.717) is 18.8 Å². The van der Waals surface area contributed by atoms with Gasteiger partial charge in [0, 0.05) is 12.2 Å². The number of aryl methyl sites for hydroxylation is 1. The van der Waals surface area contributed by atoms with Crippen LogP contribution in [0.4, 0.5) is 5.69 Å². The molecule has 0 saturated heterocycles. The lowest BCUT2D eigenvalue weighted by molar-refractivity contribution is 0.0697. The van der Waals surface area contributed by atoms with Gasteiger partial charge >= 0.3 is 5.97 Å². The Kier molecular flexibility index (Phi) is 5.25. The molecule has 0 heterocycles. The summed E-state index contributed by atoms with van der Waals surface area (Å²) < 4.78 is 10.7. The van der Waals surface area contributed by atoms with Gasteiger partial charge in [-0.25, -0.2) is 4.79 Å². The van der Waals surface area contributed by atoms with Gasteiger partial charge in [0.1, 0.15) is 18.1 Å². The third kappa shape index (κ3) is 4.15. The van der Waals surface area contributed by atoms with Gasteiger partial charge in [-0.3, -0.25) is 0 Å². The number of carboxylic acid groups (broad SMARTS) is 1. The summed E-state index contributed by atoms with van der Waals surface area (Å²) in [5.74, 6) is 0.573. The SMILES string of the molecule is COc1ccc(OCCNc2ccc(C)cc2C(=O)O)cc1. The maximum Gasteiger partial charge on any atom is 0.337 e. The number of ether oxygens (including phenoxy) is 2. The fraction of sp³-hybridized carbons (Fsp3) is 0.235. The lowest BCUT2D eigenvalue weighted by Crippen LogP contribution is -2.14. The number of anilines is 1. The van der Waals surface area contributed by atoms with Crippen LogP contribution in [0.3, 0.4) is 0 Å². The first-order chi connectivity index (χ1) is 10.6. The van der Waals surface area contributed by atoms with E-state index >= 15 is 0 Å². The van der Waals surface area contributed by atoms with Crippen molar-refractivity contribution in [2.45, 2.75) is 6.92 Å². The van der Waals surface area contributed by atoms with Crippen molar-refractivity contribution < 1.29 is 19.4 Å². The monoisotopic (exact) mass is 301 g/mol. The Bertz CT molecular complexity index is 638. The molecule has 2 N–H and O–H groups in total. The summed E-state index contributed by atoms with van der Waals surface area (Å²) in [6, 6.07) is 12.6. The predicted octanol–water partition coefficient (Wildman–Crippen LogP) is 3.19. The van der Waals surface area contributed by atoms with Crippen LogP contribution in [0.2, 0.25) is 0 Å². The summed E-state index contributed by atoms with van der Waals surface area (Å²) in [5, 5.41) is 12.3. The van der Waals surface area contributed by atoms with Gasteiger partial charge in [0.05, 0.1) is 12.7 Å². The molecule has 0 spiro atoms. The van der Waals surface area contributed by atoms with Crippen LogP contribution in [0.25, 0.3) is 0 Å². The lowest BCUT2D eigenvalue weighted by Gasteiger charge is -2.11. The Hall–Kier alpha value is -2.69. The van der Waals surface area contributed by atoms with Crippen LogP contribution in [0.5, 0.6) is 11.5 Å². The molecular weight excluding hydrogens is 282 g/mol. The van der Waals surface area contributed by atoms with Gasteiger partial charge in [-0.2, -0.15) is 0 Å². The number of aromatic carboxylic acids is 1. The number of benzene rings is 2. The predicted molar refractivity (Wildman–Crippen MR) is 85.1 cm³/mol. The summed E-state index contributed by atoms with van der Waals surface area (Å²) in [5.41, 5.74) is 1.78. The molecule has 116 valence electrons. The van der Waals surface area contributed by atoms with E-state index in [2.05, 4.69) is 5.32 Å². The van der Waals surface area contributed by atoms with Crippen LogP contribution in [0.1, 0.15) is 15.9 Å². The van der Waals surface area contributed by atoms with Crippen molar-refractivity contribution in [3.8, 4) is 11.5 Å². The molecule has 0 saturated carbocycles. The van der Waals surface area contributed by atoms with E-state index in [9.17, 15) is 9.90 Å². The molecule has 2 aromatic carbocycles. The molecule has 0 aliphatic rings. The van der Waals surface area contributed by atoms with Crippen molar-refractivity contribution in [3.63, 3.8) is 0 Å². The highest BCUT2D eigenvalue weighted by atomic mass is 16.5. The Labute approximate surface area is 129 Å². The Morgan fingerprint density at radius 1 is 1.14 bits per heavy atom. The van der Waals surface area contributed by atoms with Crippen molar-refractivity contribution in [2.75, 3.05) is 25.6 Å². The number of hydrogen-bond acceptors (Lipinski definition) is 4. The highest BCUT2D eigenvalue weighted by Crippen LogP contribution is 2.18. The maximum atomic E-state index is 11.2. The smallest absolute Gasteiger partial charge is 0.337 e. The Morgan fingerprint density at radius 2 is 1.82 bits per heavy atom. The molecule has 0 amide bonds. The molecule has 2 aromatic rings. The average molecular weight is 301 g/mol. The number of rotatable bonds is 7. The van der Waals surface area contributed by atoms with Crippen molar-refractivity contribution >= 4 is 11.7 Å². The van der Waals surface area contributed by atoms with Crippen LogP contribution < -0.4 is 14.8 Å². The van der Waals surface area contributed by atoms with Crippen molar-refractivity contribution in [1.82, 2.24) is 0 Å². The van der Waals surface area contributed by atoms with Crippen molar-refractivity contribution in [2.24, 2.45) is 0 Å². The summed E-state index contributed by atoms with van der Waals surface area (Å²) in [4.78, 5) is 11.2. The van der Waals surface area contributed by atoms with Crippen LogP contribution in [0.15, 0.2) is 42.5 Å². The fourth-order valence-corrected chi connectivity index (χ4v) is 2.02. The van der Waals surface area contributed by atoms with Crippen LogP contribution in [-0.2, 0) is 0 Å². The van der Waals surface area contributed by atoms with Crippen LogP contribution in [-0.4, -0.2) is 31.3 Å². The van der Waals surface area contributed by atoms with E-state index in [1.54, 1.807) is 19.2 Å². The summed E-state index contributed by atoms with van der Waals surface area (Å²) >= 11 is 0. The Morgan fingerprint density at radius 3 is 2.45 bits per heavy atom. The zero-order valence-corrected chi connectivity index (χ0v) is 12.6. The van der Waals surface area contributed by atoms with Crippen molar-refractivity contribution in [3.05, 3.63) is 53.6 Å². The Balaban J connectivity index is 1.87. The minimum Gasteiger partial charge on any atom is -0.497 e. The first-order valence-corrected chi connectivity index (χ1v) is 6.95. The summed E-state index contributed by atoms with van der Waals surface area (Å²) in [6.07, 6.45) is 0. The molecule has 0 unspecified atom stereocenters. The van der Waals surface area contributed by atoms with Gasteiger partial charge in [0.25, 0.3) is 0 Å². The van der Waals surface area contributed by atoms with Gasteiger partial charge in [-0.1, -0.05) is 11.6 Å². The third-order valence-corrected chi connectivity index (χ3v) is 3.15. The van der Waals surface area contributed by atoms with Crippen molar-refractivity contribution in [1.29, 1.82) is 0 Å². The number of methoxy groups -OCH3 is 1. The topological polar surface area (TPSA) is 67.8 Å². The molecular formula is C17H19NO4. The van der Waals surface area contributed by atoms with Gasteiger partial charge in [0.2, 0.25) is 0 Å². The van der Waals surface area contributed by atoms with Crippen LogP contribution in [0, 0.1) is 6.92 Å². The number of carboxylic acids is 1. The van der Waals surface area contributed by atoms with E-state index in [4.69, 9.17) is 9.47 Å². The van der Waals surface area contributed by atoms with Gasteiger partial charge in [-0.15, -0.1) is 0 Å². The summed E-state index contributed by atoms with van der Waals surface area (Å²) in [6.45, 7) is 2.80. The molecule has 0 aliphatic heterocycles. The minimum atomic E-state index is -0.942. The van der Waals surface area contributed by atoms with Gasteiger partial charge < -0.3 is 19.9 Å². The highest BCUT2D eigenvalue weighted by molar-refractivity contribution is 5.94. The molecule has 0 aromatic heterocycles. The number of nitrogens with one attached hydrogen (secondary N) is 1. The van der Waals surface area contributed by atoms with E-state index in [0.717, 1.165) is 17.1 Å². The van der Waals surface area contributed by atoms with Crippen LogP contribution >= 0.6 is 0 Å². The fourth-order valence-electron chi connectivity index (χ4n) is 2.02.